The largest absolute Gasteiger partial charge is 0.371 e. The zero-order chi connectivity index (χ0) is 25.5. The van der Waals surface area contributed by atoms with E-state index in [0.717, 1.165) is 71.6 Å². The van der Waals surface area contributed by atoms with E-state index in [0.29, 0.717) is 22.5 Å². The second-order valence-corrected chi connectivity index (χ2v) is 10.3. The molecule has 1 saturated heterocycles. The Balaban J connectivity index is 1.48. The fourth-order valence-corrected chi connectivity index (χ4v) is 5.76. The Morgan fingerprint density at radius 1 is 1.08 bits per heavy atom. The van der Waals surface area contributed by atoms with Crippen molar-refractivity contribution in [1.29, 1.82) is 0 Å². The fourth-order valence-electron chi connectivity index (χ4n) is 5.57. The molecule has 0 spiro atoms. The summed E-state index contributed by atoms with van der Waals surface area (Å²) in [6.07, 6.45) is 2.27. The minimum absolute atomic E-state index is 0.138. The number of H-pyrrole nitrogens is 1. The molecule has 0 unspecified atom stereocenters. The van der Waals surface area contributed by atoms with E-state index in [9.17, 15) is 4.79 Å². The summed E-state index contributed by atoms with van der Waals surface area (Å²) in [6, 6.07) is 22.2. The first-order valence-corrected chi connectivity index (χ1v) is 13.3. The lowest BCUT2D eigenvalue weighted by molar-refractivity contribution is -0.110. The Bertz CT molecular complexity index is 1480. The van der Waals surface area contributed by atoms with Crippen LogP contribution in [0.1, 0.15) is 36.7 Å². The zero-order valence-electron chi connectivity index (χ0n) is 21.1. The molecule has 0 atom stereocenters. The highest BCUT2D eigenvalue weighted by Crippen LogP contribution is 2.42. The molecule has 188 valence electrons. The number of likely N-dealkylation sites (tertiary alicyclic amines) is 1. The first-order valence-electron chi connectivity index (χ1n) is 12.9. The quantitative estimate of drug-likeness (QED) is 0.320. The van der Waals surface area contributed by atoms with Gasteiger partial charge in [0.1, 0.15) is 5.82 Å². The van der Waals surface area contributed by atoms with Crippen LogP contribution >= 0.6 is 11.6 Å². The number of nitrogens with zero attached hydrogens (tertiary/aromatic N) is 3. The van der Waals surface area contributed by atoms with Crippen LogP contribution in [0, 0.1) is 0 Å². The minimum Gasteiger partial charge on any atom is -0.371 e. The Kier molecular flexibility index (Phi) is 6.22. The molecular formula is C30H30ClN5O. The maximum atomic E-state index is 13.5. The highest BCUT2D eigenvalue weighted by Gasteiger charge is 2.31. The van der Waals surface area contributed by atoms with Crippen LogP contribution in [0.2, 0.25) is 5.02 Å². The van der Waals surface area contributed by atoms with E-state index in [-0.39, 0.29) is 5.91 Å². The van der Waals surface area contributed by atoms with Crippen LogP contribution < -0.4 is 10.2 Å². The maximum Gasteiger partial charge on any atom is 0.257 e. The van der Waals surface area contributed by atoms with Gasteiger partial charge in [-0.05, 0) is 67.4 Å². The molecule has 1 aromatic heterocycles. The van der Waals surface area contributed by atoms with E-state index in [1.165, 1.54) is 0 Å². The molecule has 0 saturated carbocycles. The smallest absolute Gasteiger partial charge is 0.257 e. The molecule has 6 nitrogen and oxygen atoms in total. The molecule has 1 fully saturated rings. The van der Waals surface area contributed by atoms with E-state index in [4.69, 9.17) is 16.6 Å². The average Bonchev–Trinajstić information content (AvgIpc) is 3.49. The minimum atomic E-state index is -0.138. The van der Waals surface area contributed by atoms with Gasteiger partial charge in [0, 0.05) is 53.7 Å². The number of aromatic amines is 1. The Hall–Kier alpha value is -3.61. The summed E-state index contributed by atoms with van der Waals surface area (Å²) in [4.78, 5) is 26.7. The van der Waals surface area contributed by atoms with E-state index in [2.05, 4.69) is 46.2 Å². The van der Waals surface area contributed by atoms with Crippen molar-refractivity contribution in [3.8, 4) is 0 Å². The van der Waals surface area contributed by atoms with Crippen molar-refractivity contribution in [1.82, 2.24) is 14.9 Å². The molecule has 0 aliphatic carbocycles. The number of piperidine rings is 1. The Morgan fingerprint density at radius 2 is 1.89 bits per heavy atom. The van der Waals surface area contributed by atoms with Gasteiger partial charge in [-0.3, -0.25) is 4.79 Å². The lowest BCUT2D eigenvalue weighted by Gasteiger charge is -2.37. The first kappa shape index (κ1) is 23.8. The summed E-state index contributed by atoms with van der Waals surface area (Å²) in [5.74, 6) is 0.508. The number of carbonyl (C=O) groups excluding carboxylic acids is 1. The molecule has 7 heteroatoms. The molecular weight excluding hydrogens is 482 g/mol. The van der Waals surface area contributed by atoms with Gasteiger partial charge in [0.2, 0.25) is 0 Å². The topological polar surface area (TPSA) is 64.3 Å². The predicted molar refractivity (Wildman–Crippen MR) is 152 cm³/mol. The number of carbonyl (C=O) groups is 1. The monoisotopic (exact) mass is 511 g/mol. The summed E-state index contributed by atoms with van der Waals surface area (Å²) in [5, 5.41) is 3.69. The van der Waals surface area contributed by atoms with Crippen molar-refractivity contribution in [2.75, 3.05) is 36.9 Å². The van der Waals surface area contributed by atoms with Gasteiger partial charge in [0.05, 0.1) is 16.6 Å². The van der Waals surface area contributed by atoms with Crippen molar-refractivity contribution < 1.29 is 4.79 Å². The van der Waals surface area contributed by atoms with Crippen LogP contribution in [-0.4, -0.2) is 53.5 Å². The van der Waals surface area contributed by atoms with Crippen LogP contribution in [0.25, 0.3) is 22.2 Å². The van der Waals surface area contributed by atoms with Crippen LogP contribution in [0.3, 0.4) is 0 Å². The number of fused-ring (bicyclic) bond motifs is 2. The van der Waals surface area contributed by atoms with Gasteiger partial charge in [0.15, 0.2) is 0 Å². The number of hydrogen-bond acceptors (Lipinski definition) is 4. The number of halogens is 1. The number of anilines is 2. The molecule has 2 aliphatic heterocycles. The molecule has 37 heavy (non-hydrogen) atoms. The molecule has 6 rings (SSSR count). The molecule has 0 radical (unpaired) electrons. The zero-order valence-corrected chi connectivity index (χ0v) is 21.8. The third kappa shape index (κ3) is 4.41. The molecule has 3 aromatic carbocycles. The number of aromatic nitrogens is 2. The maximum absolute atomic E-state index is 13.5. The molecule has 2 N–H and O–H groups in total. The summed E-state index contributed by atoms with van der Waals surface area (Å²) in [6.45, 7) is 5.56. The van der Waals surface area contributed by atoms with Crippen LogP contribution in [-0.2, 0) is 4.79 Å². The van der Waals surface area contributed by atoms with E-state index >= 15 is 0 Å². The van der Waals surface area contributed by atoms with Gasteiger partial charge in [-0.2, -0.15) is 0 Å². The van der Waals surface area contributed by atoms with Crippen molar-refractivity contribution in [2.24, 2.45) is 0 Å². The number of hydrogen-bond donors (Lipinski definition) is 2. The number of imidazole rings is 1. The third-order valence-electron chi connectivity index (χ3n) is 7.70. The highest BCUT2D eigenvalue weighted by atomic mass is 35.5. The number of benzene rings is 3. The normalized spacial score (nSPS) is 17.6. The van der Waals surface area contributed by atoms with Gasteiger partial charge < -0.3 is 20.1 Å². The summed E-state index contributed by atoms with van der Waals surface area (Å²) >= 11 is 6.41. The van der Waals surface area contributed by atoms with Crippen molar-refractivity contribution in [3.05, 3.63) is 88.7 Å². The van der Waals surface area contributed by atoms with Gasteiger partial charge in [-0.1, -0.05) is 42.8 Å². The summed E-state index contributed by atoms with van der Waals surface area (Å²) in [5.41, 5.74) is 6.77. The van der Waals surface area contributed by atoms with Gasteiger partial charge in [-0.25, -0.2) is 4.98 Å². The van der Waals surface area contributed by atoms with Crippen molar-refractivity contribution in [2.45, 2.75) is 25.8 Å². The standard InChI is InChI=1S/C30H30ClN5O/c1-3-36-15-13-21(14-16-36)35(2)22-11-12-24-23(18-22)28(30(37)34-24)27(19-7-6-8-20(31)17-19)29-32-25-9-4-5-10-26(25)33-29/h4-12,17-18,21H,3,13-16H2,1-2H3,(H,32,33)(H,34,37). The first-order chi connectivity index (χ1) is 18.0. The summed E-state index contributed by atoms with van der Waals surface area (Å²) in [7, 11) is 2.17. The fraction of sp³-hybridized carbons (Fsp3) is 0.267. The second-order valence-electron chi connectivity index (χ2n) is 9.82. The summed E-state index contributed by atoms with van der Waals surface area (Å²) < 4.78 is 0. The predicted octanol–water partition coefficient (Wildman–Crippen LogP) is 6.05. The highest BCUT2D eigenvalue weighted by molar-refractivity contribution is 6.38. The third-order valence-corrected chi connectivity index (χ3v) is 7.93. The van der Waals surface area contributed by atoms with Gasteiger partial charge >= 0.3 is 0 Å². The van der Waals surface area contributed by atoms with Gasteiger partial charge in [-0.15, -0.1) is 0 Å². The Morgan fingerprint density at radius 3 is 2.65 bits per heavy atom. The molecule has 0 bridgehead atoms. The SMILES string of the molecule is CCN1CCC(N(C)c2ccc3c(c2)C(=C(c2cccc(Cl)c2)c2nc4ccccc4[nH]2)C(=O)N3)CC1. The lowest BCUT2D eigenvalue weighted by Crippen LogP contribution is -2.43. The molecule has 1 amide bonds. The number of nitrogens with one attached hydrogen (secondary N) is 2. The van der Waals surface area contributed by atoms with Crippen molar-refractivity contribution in [3.63, 3.8) is 0 Å². The number of rotatable bonds is 5. The van der Waals surface area contributed by atoms with Crippen molar-refractivity contribution >= 4 is 51.1 Å². The second kappa shape index (κ2) is 9.69. The van der Waals surface area contributed by atoms with E-state index in [1.807, 2.05) is 54.6 Å². The number of para-hydroxylation sites is 2. The number of amides is 1. The van der Waals surface area contributed by atoms with Crippen LogP contribution in [0.15, 0.2) is 66.7 Å². The van der Waals surface area contributed by atoms with E-state index in [1.54, 1.807) is 0 Å². The molecule has 2 aliphatic rings. The van der Waals surface area contributed by atoms with Crippen LogP contribution in [0.4, 0.5) is 11.4 Å². The average molecular weight is 512 g/mol. The Labute approximate surface area is 222 Å². The van der Waals surface area contributed by atoms with Gasteiger partial charge in [0.25, 0.3) is 5.91 Å². The molecule has 3 heterocycles. The lowest BCUT2D eigenvalue weighted by atomic mass is 9.94. The van der Waals surface area contributed by atoms with E-state index < -0.39 is 0 Å². The van der Waals surface area contributed by atoms with Crippen LogP contribution in [0.5, 0.6) is 0 Å². The molecule has 4 aromatic rings.